The minimum atomic E-state index is -0.986. The molecule has 0 saturated carbocycles. The molecule has 2 atom stereocenters. The van der Waals surface area contributed by atoms with Gasteiger partial charge in [0.05, 0.1) is 12.2 Å². The van der Waals surface area contributed by atoms with Crippen molar-refractivity contribution in [2.75, 3.05) is 12.4 Å². The van der Waals surface area contributed by atoms with Crippen molar-refractivity contribution >= 4 is 57.8 Å². The van der Waals surface area contributed by atoms with E-state index in [4.69, 9.17) is 44.5 Å². The summed E-state index contributed by atoms with van der Waals surface area (Å²) in [5.41, 5.74) is 0.529. The summed E-state index contributed by atoms with van der Waals surface area (Å²) < 4.78 is 6.03. The van der Waals surface area contributed by atoms with E-state index < -0.39 is 16.4 Å². The second-order valence-electron chi connectivity index (χ2n) is 8.71. The average molecular weight is 562 g/mol. The molecule has 0 saturated heterocycles. The molecule has 0 fully saturated rings. The Morgan fingerprint density at radius 2 is 1.53 bits per heavy atom. The first-order chi connectivity index (χ1) is 17.2. The average Bonchev–Trinajstić information content (AvgIpc) is 3.09. The van der Waals surface area contributed by atoms with Crippen molar-refractivity contribution in [3.8, 4) is 5.75 Å². The van der Waals surface area contributed by atoms with Crippen LogP contribution < -0.4 is 4.74 Å². The fourth-order valence-corrected chi connectivity index (χ4v) is 5.95. The predicted octanol–water partition coefficient (Wildman–Crippen LogP) is 8.76. The summed E-state index contributed by atoms with van der Waals surface area (Å²) in [6.45, 7) is 8.48. The van der Waals surface area contributed by atoms with Crippen LogP contribution in [0.5, 0.6) is 5.75 Å². The minimum Gasteiger partial charge on any atom is -0.493 e. The molecule has 0 bridgehead atoms. The van der Waals surface area contributed by atoms with Crippen LogP contribution in [0.15, 0.2) is 76.6 Å². The number of thioether (sulfide) groups is 1. The van der Waals surface area contributed by atoms with Crippen LogP contribution in [0, 0.1) is 0 Å². The van der Waals surface area contributed by atoms with Crippen molar-refractivity contribution in [2.45, 2.75) is 43.7 Å². The van der Waals surface area contributed by atoms with Gasteiger partial charge < -0.3 is 4.74 Å². The van der Waals surface area contributed by atoms with E-state index in [1.54, 1.807) is 16.7 Å². The third kappa shape index (κ3) is 4.63. The van der Waals surface area contributed by atoms with Crippen molar-refractivity contribution in [1.29, 1.82) is 0 Å². The molecule has 0 radical (unpaired) electrons. The largest absolute Gasteiger partial charge is 0.493 e. The normalized spacial score (nSPS) is 21.4. The van der Waals surface area contributed by atoms with Gasteiger partial charge in [0.1, 0.15) is 22.7 Å². The summed E-state index contributed by atoms with van der Waals surface area (Å²) in [5.74, 6) is 2.03. The van der Waals surface area contributed by atoms with Gasteiger partial charge in [-0.1, -0.05) is 54.4 Å². The van der Waals surface area contributed by atoms with Crippen molar-refractivity contribution in [2.24, 2.45) is 4.99 Å². The lowest BCUT2D eigenvalue weighted by atomic mass is 9.71. The van der Waals surface area contributed by atoms with E-state index in [1.165, 1.54) is 0 Å². The Kier molecular flexibility index (Phi) is 7.96. The zero-order valence-electron chi connectivity index (χ0n) is 20.5. The summed E-state index contributed by atoms with van der Waals surface area (Å²) in [4.78, 5) is 21.1. The van der Waals surface area contributed by atoms with E-state index in [-0.39, 0.29) is 0 Å². The molecule has 188 valence electrons. The number of nitrogens with zero attached hydrogens (tertiary/aromatic N) is 2. The standard InChI is InChI=1S/C28H27Cl3N2O2S/c1-5-35-24-17-22(36-6-2)15-16-23(24)25-32-27(3,18-7-11-20(29)12-8-18)28(4,33(25)26(31)34)19-9-13-21(30)14-10-19/h7-17H,5-6H2,1-4H3/t27-,28+/m0/s1. The Hall–Kier alpha value is -2.18. The number of hydrogen-bond acceptors (Lipinski definition) is 4. The lowest BCUT2D eigenvalue weighted by Gasteiger charge is -2.44. The molecule has 4 rings (SSSR count). The molecular weight excluding hydrogens is 535 g/mol. The highest BCUT2D eigenvalue weighted by Crippen LogP contribution is 2.54. The van der Waals surface area contributed by atoms with Crippen LogP contribution in [0.3, 0.4) is 0 Å². The maximum absolute atomic E-state index is 13.2. The van der Waals surface area contributed by atoms with Gasteiger partial charge in [-0.05, 0) is 91.7 Å². The molecule has 0 aromatic heterocycles. The molecule has 0 N–H and O–H groups in total. The number of aliphatic imine (C=N–C) groups is 1. The molecule has 8 heteroatoms. The maximum atomic E-state index is 13.2. The molecule has 1 aliphatic rings. The molecule has 36 heavy (non-hydrogen) atoms. The maximum Gasteiger partial charge on any atom is 0.322 e. The minimum absolute atomic E-state index is 0.446. The quantitative estimate of drug-likeness (QED) is 0.164. The van der Waals surface area contributed by atoms with E-state index in [2.05, 4.69) is 6.92 Å². The molecule has 0 spiro atoms. The van der Waals surface area contributed by atoms with Gasteiger partial charge in [0.25, 0.3) is 0 Å². The van der Waals surface area contributed by atoms with Gasteiger partial charge in [-0.25, -0.2) is 0 Å². The molecule has 4 nitrogen and oxygen atoms in total. The van der Waals surface area contributed by atoms with Crippen molar-refractivity contribution in [3.63, 3.8) is 0 Å². The first-order valence-corrected chi connectivity index (χ1v) is 13.8. The number of halogens is 3. The second kappa shape index (κ2) is 10.7. The molecule has 0 aliphatic carbocycles. The Morgan fingerprint density at radius 3 is 2.06 bits per heavy atom. The monoisotopic (exact) mass is 560 g/mol. The molecule has 3 aromatic carbocycles. The number of carbonyl (C=O) groups excluding carboxylic acids is 1. The van der Waals surface area contributed by atoms with Gasteiger partial charge in [0.15, 0.2) is 0 Å². The number of benzene rings is 3. The summed E-state index contributed by atoms with van der Waals surface area (Å²) in [5, 5.41) is 0.574. The van der Waals surface area contributed by atoms with Crippen LogP contribution in [0.1, 0.15) is 44.4 Å². The zero-order chi connectivity index (χ0) is 26.1. The fourth-order valence-electron chi connectivity index (χ4n) is 4.76. The Balaban J connectivity index is 2.01. The first kappa shape index (κ1) is 26.9. The lowest BCUT2D eigenvalue weighted by Crippen LogP contribution is -2.53. The fraction of sp³-hybridized carbons (Fsp3) is 0.286. The highest BCUT2D eigenvalue weighted by Gasteiger charge is 2.59. The summed E-state index contributed by atoms with van der Waals surface area (Å²) in [6, 6.07) is 20.9. The second-order valence-corrected chi connectivity index (χ2v) is 11.2. The van der Waals surface area contributed by atoms with Crippen LogP contribution in [-0.4, -0.2) is 28.5 Å². The van der Waals surface area contributed by atoms with Gasteiger partial charge in [-0.15, -0.1) is 11.8 Å². The van der Waals surface area contributed by atoms with Crippen LogP contribution >= 0.6 is 46.6 Å². The zero-order valence-corrected chi connectivity index (χ0v) is 23.6. The highest BCUT2D eigenvalue weighted by molar-refractivity contribution is 7.99. The van der Waals surface area contributed by atoms with Gasteiger partial charge in [0, 0.05) is 14.9 Å². The third-order valence-corrected chi connectivity index (χ3v) is 8.28. The molecular formula is C28H27Cl3N2O2S. The number of amides is 1. The van der Waals surface area contributed by atoms with E-state index in [1.807, 2.05) is 87.5 Å². The van der Waals surface area contributed by atoms with Crippen molar-refractivity contribution < 1.29 is 9.53 Å². The summed E-state index contributed by atoms with van der Waals surface area (Å²) in [7, 11) is 0. The smallest absolute Gasteiger partial charge is 0.322 e. The third-order valence-electron chi connectivity index (χ3n) is 6.73. The Labute approximate surface area is 231 Å². The Morgan fingerprint density at radius 1 is 0.944 bits per heavy atom. The van der Waals surface area contributed by atoms with Gasteiger partial charge in [0.2, 0.25) is 0 Å². The van der Waals surface area contributed by atoms with Gasteiger partial charge in [-0.3, -0.25) is 14.7 Å². The molecule has 0 unspecified atom stereocenters. The van der Waals surface area contributed by atoms with Gasteiger partial charge in [-0.2, -0.15) is 0 Å². The van der Waals surface area contributed by atoms with Crippen LogP contribution in [0.4, 0.5) is 4.79 Å². The predicted molar refractivity (Wildman–Crippen MR) is 151 cm³/mol. The molecule has 1 aliphatic heterocycles. The van der Waals surface area contributed by atoms with Crippen LogP contribution in [0.25, 0.3) is 0 Å². The number of rotatable bonds is 7. The number of carbonyl (C=O) groups is 1. The number of hydrogen-bond donors (Lipinski definition) is 0. The van der Waals surface area contributed by atoms with E-state index in [9.17, 15) is 4.79 Å². The van der Waals surface area contributed by atoms with Crippen molar-refractivity contribution in [1.82, 2.24) is 4.90 Å². The molecule has 1 amide bonds. The SMILES string of the molecule is CCOc1cc(SCC)ccc1C1=N[C@@](C)(c2ccc(Cl)cc2)[C@@](C)(c2ccc(Cl)cc2)N1C(=O)Cl. The highest BCUT2D eigenvalue weighted by atomic mass is 35.5. The first-order valence-electron chi connectivity index (χ1n) is 11.7. The van der Waals surface area contributed by atoms with Crippen LogP contribution in [0.2, 0.25) is 10.0 Å². The number of amidine groups is 1. The topological polar surface area (TPSA) is 41.9 Å². The molecule has 1 heterocycles. The Bertz CT molecular complexity index is 1300. The van der Waals surface area contributed by atoms with Gasteiger partial charge >= 0.3 is 5.37 Å². The van der Waals surface area contributed by atoms with E-state index >= 15 is 0 Å². The van der Waals surface area contributed by atoms with Crippen LogP contribution in [-0.2, 0) is 11.1 Å². The summed E-state index contributed by atoms with van der Waals surface area (Å²) in [6.07, 6.45) is 0. The molecule has 3 aromatic rings. The van der Waals surface area contributed by atoms with E-state index in [0.29, 0.717) is 33.8 Å². The van der Waals surface area contributed by atoms with Crippen molar-refractivity contribution in [3.05, 3.63) is 93.5 Å². The number of ether oxygens (including phenoxy) is 1. The summed E-state index contributed by atoms with van der Waals surface area (Å²) >= 11 is 20.5. The van der Waals surface area contributed by atoms with E-state index in [0.717, 1.165) is 21.8 Å². The lowest BCUT2D eigenvalue weighted by molar-refractivity contribution is 0.149.